The monoisotopic (exact) mass is 230 g/mol. The maximum Gasteiger partial charge on any atom is 0.239 e. The highest BCUT2D eigenvalue weighted by atomic mass is 32.2. The van der Waals surface area contributed by atoms with E-state index in [0.29, 0.717) is 0 Å². The van der Waals surface area contributed by atoms with Crippen molar-refractivity contribution >= 4 is 11.8 Å². The maximum absolute atomic E-state index is 2.19. The molecule has 0 aliphatic heterocycles. The fraction of sp³-hybridized carbons (Fsp3) is 0.214. The Bertz CT molecular complexity index is 439. The molecule has 0 aliphatic rings. The van der Waals surface area contributed by atoms with Crippen molar-refractivity contribution < 1.29 is 4.57 Å². The van der Waals surface area contributed by atoms with Gasteiger partial charge in [0.2, 0.25) is 5.03 Å². The average Bonchev–Trinajstić information content (AvgIpc) is 2.33. The molecule has 1 aromatic heterocycles. The molecule has 0 unspecified atom stereocenters. The maximum atomic E-state index is 2.19. The minimum Gasteiger partial charge on any atom is -0.196 e. The zero-order chi connectivity index (χ0) is 11.2. The molecule has 2 aromatic rings. The molecule has 0 saturated heterocycles. The largest absolute Gasteiger partial charge is 0.239 e. The summed E-state index contributed by atoms with van der Waals surface area (Å²) in [4.78, 5) is 0. The Labute approximate surface area is 101 Å². The summed E-state index contributed by atoms with van der Waals surface area (Å²) in [6.07, 6.45) is 3.21. The van der Waals surface area contributed by atoms with Crippen molar-refractivity contribution in [2.24, 2.45) is 7.05 Å². The second-order valence-electron chi connectivity index (χ2n) is 3.73. The average molecular weight is 230 g/mol. The van der Waals surface area contributed by atoms with Crippen molar-refractivity contribution in [3.63, 3.8) is 0 Å². The highest BCUT2D eigenvalue weighted by Crippen LogP contribution is 2.14. The molecule has 2 heteroatoms. The number of nitrogens with zero attached hydrogens (tertiary/aromatic N) is 1. The van der Waals surface area contributed by atoms with Crippen LogP contribution in [0, 0.1) is 0 Å². The van der Waals surface area contributed by atoms with Crippen molar-refractivity contribution in [3.05, 3.63) is 60.3 Å². The molecule has 2 rings (SSSR count). The fourth-order valence-corrected chi connectivity index (χ4v) is 2.56. The molecule has 1 nitrogen and oxygen atoms in total. The molecule has 0 radical (unpaired) electrons. The van der Waals surface area contributed by atoms with Crippen molar-refractivity contribution in [1.82, 2.24) is 0 Å². The molecule has 0 N–H and O–H groups in total. The van der Waals surface area contributed by atoms with Crippen LogP contribution in [0.4, 0.5) is 0 Å². The molecule has 82 valence electrons. The summed E-state index contributed by atoms with van der Waals surface area (Å²) in [6, 6.07) is 16.9. The smallest absolute Gasteiger partial charge is 0.196 e. The standard InChI is InChI=1S/C14H16NS/c1-15-11-6-5-9-14(15)16-12-10-13-7-3-2-4-8-13/h2-9,11H,10,12H2,1H3/q+1. The molecule has 0 atom stereocenters. The number of thioether (sulfide) groups is 1. The van der Waals surface area contributed by atoms with Gasteiger partial charge in [-0.3, -0.25) is 0 Å². The second kappa shape index (κ2) is 5.71. The Balaban J connectivity index is 1.87. The SMILES string of the molecule is C[n+]1ccccc1SCCc1ccccc1. The summed E-state index contributed by atoms with van der Waals surface area (Å²) in [5, 5.41) is 1.32. The van der Waals surface area contributed by atoms with Gasteiger partial charge in [-0.2, -0.15) is 4.57 Å². The third-order valence-electron chi connectivity index (χ3n) is 2.49. The molecule has 0 spiro atoms. The zero-order valence-electron chi connectivity index (χ0n) is 9.47. The van der Waals surface area contributed by atoms with Crippen LogP contribution in [0.15, 0.2) is 59.8 Å². The van der Waals surface area contributed by atoms with Crippen LogP contribution in [0.5, 0.6) is 0 Å². The van der Waals surface area contributed by atoms with E-state index in [1.807, 2.05) is 11.8 Å². The van der Waals surface area contributed by atoms with E-state index in [0.717, 1.165) is 12.2 Å². The zero-order valence-corrected chi connectivity index (χ0v) is 10.3. The summed E-state index contributed by atoms with van der Waals surface area (Å²) >= 11 is 1.90. The van der Waals surface area contributed by atoms with Gasteiger partial charge in [0.1, 0.15) is 7.05 Å². The topological polar surface area (TPSA) is 3.88 Å². The first-order valence-electron chi connectivity index (χ1n) is 5.47. The van der Waals surface area contributed by atoms with Gasteiger partial charge in [-0.05, 0) is 18.1 Å². The van der Waals surface area contributed by atoms with Crippen LogP contribution in [0.3, 0.4) is 0 Å². The van der Waals surface area contributed by atoms with Crippen LogP contribution in [-0.2, 0) is 13.5 Å². The van der Waals surface area contributed by atoms with E-state index in [-0.39, 0.29) is 0 Å². The number of rotatable bonds is 4. The van der Waals surface area contributed by atoms with Gasteiger partial charge in [-0.1, -0.05) is 42.1 Å². The van der Waals surface area contributed by atoms with E-state index in [1.165, 1.54) is 10.6 Å². The van der Waals surface area contributed by atoms with Crippen LogP contribution < -0.4 is 4.57 Å². The van der Waals surface area contributed by atoms with Crippen molar-refractivity contribution in [2.75, 3.05) is 5.75 Å². The summed E-state index contributed by atoms with van der Waals surface area (Å²) in [5.74, 6) is 1.13. The first kappa shape index (κ1) is 11.2. The minimum absolute atomic E-state index is 1.13. The normalized spacial score (nSPS) is 10.3. The molecule has 0 fully saturated rings. The number of aryl methyl sites for hydroxylation is 2. The van der Waals surface area contributed by atoms with Crippen LogP contribution in [0.2, 0.25) is 0 Å². The van der Waals surface area contributed by atoms with Gasteiger partial charge in [-0.25, -0.2) is 0 Å². The van der Waals surface area contributed by atoms with E-state index >= 15 is 0 Å². The van der Waals surface area contributed by atoms with Gasteiger partial charge >= 0.3 is 0 Å². The molecular weight excluding hydrogens is 214 g/mol. The van der Waals surface area contributed by atoms with E-state index in [4.69, 9.17) is 0 Å². The molecule has 0 bridgehead atoms. The lowest BCUT2D eigenvalue weighted by Crippen LogP contribution is -2.29. The third-order valence-corrected chi connectivity index (χ3v) is 3.62. The van der Waals surface area contributed by atoms with Crippen molar-refractivity contribution in [1.29, 1.82) is 0 Å². The Hall–Kier alpha value is -1.28. The molecule has 1 aromatic carbocycles. The lowest BCUT2D eigenvalue weighted by atomic mass is 10.2. The predicted molar refractivity (Wildman–Crippen MR) is 68.5 cm³/mol. The van der Waals surface area contributed by atoms with Gasteiger partial charge in [0, 0.05) is 17.9 Å². The number of hydrogen-bond acceptors (Lipinski definition) is 1. The number of benzene rings is 1. The summed E-state index contributed by atoms with van der Waals surface area (Å²) in [6.45, 7) is 0. The lowest BCUT2D eigenvalue weighted by Gasteiger charge is -2.00. The number of pyridine rings is 1. The van der Waals surface area contributed by atoms with Gasteiger partial charge in [0.25, 0.3) is 0 Å². The predicted octanol–water partition coefficient (Wildman–Crippen LogP) is 2.85. The molecule has 0 amide bonds. The van der Waals surface area contributed by atoms with E-state index in [2.05, 4.69) is 66.3 Å². The summed E-state index contributed by atoms with van der Waals surface area (Å²) in [7, 11) is 2.09. The Morgan fingerprint density at radius 2 is 1.75 bits per heavy atom. The van der Waals surface area contributed by atoms with Gasteiger partial charge in [0.05, 0.1) is 0 Å². The first-order valence-corrected chi connectivity index (χ1v) is 6.46. The van der Waals surface area contributed by atoms with Gasteiger partial charge in [-0.15, -0.1) is 0 Å². The summed E-state index contributed by atoms with van der Waals surface area (Å²) < 4.78 is 2.16. The molecule has 16 heavy (non-hydrogen) atoms. The minimum atomic E-state index is 1.13. The quantitative estimate of drug-likeness (QED) is 0.577. The highest BCUT2D eigenvalue weighted by Gasteiger charge is 2.04. The van der Waals surface area contributed by atoms with E-state index < -0.39 is 0 Å². The Morgan fingerprint density at radius 3 is 2.50 bits per heavy atom. The molecular formula is C14H16NS+. The van der Waals surface area contributed by atoms with Gasteiger partial charge < -0.3 is 0 Å². The van der Waals surface area contributed by atoms with Crippen LogP contribution in [0.25, 0.3) is 0 Å². The fourth-order valence-electron chi connectivity index (χ4n) is 1.58. The molecule has 1 heterocycles. The highest BCUT2D eigenvalue weighted by molar-refractivity contribution is 7.99. The Kier molecular flexibility index (Phi) is 4.00. The second-order valence-corrected chi connectivity index (χ2v) is 4.85. The lowest BCUT2D eigenvalue weighted by molar-refractivity contribution is -0.708. The molecule has 0 aliphatic carbocycles. The van der Waals surface area contributed by atoms with Crippen molar-refractivity contribution in [3.8, 4) is 0 Å². The van der Waals surface area contributed by atoms with Gasteiger partial charge in [0.15, 0.2) is 6.20 Å². The van der Waals surface area contributed by atoms with E-state index in [1.54, 1.807) is 0 Å². The van der Waals surface area contributed by atoms with Crippen LogP contribution in [-0.4, -0.2) is 5.75 Å². The number of hydrogen-bond donors (Lipinski definition) is 0. The van der Waals surface area contributed by atoms with Crippen LogP contribution in [0.1, 0.15) is 5.56 Å². The van der Waals surface area contributed by atoms with Crippen LogP contribution >= 0.6 is 11.8 Å². The van der Waals surface area contributed by atoms with Crippen molar-refractivity contribution in [2.45, 2.75) is 11.4 Å². The molecule has 0 saturated carbocycles. The Morgan fingerprint density at radius 1 is 1.00 bits per heavy atom. The number of aromatic nitrogens is 1. The summed E-state index contributed by atoms with van der Waals surface area (Å²) in [5.41, 5.74) is 1.41. The third kappa shape index (κ3) is 3.11. The van der Waals surface area contributed by atoms with E-state index in [9.17, 15) is 0 Å². The first-order chi connectivity index (χ1) is 7.86.